The molecule has 1 aromatic carbocycles. The highest BCUT2D eigenvalue weighted by Crippen LogP contribution is 2.45. The fourth-order valence-electron chi connectivity index (χ4n) is 3.99. The number of nitrogens with one attached hydrogen (secondary N) is 1. The first-order valence-corrected chi connectivity index (χ1v) is 11.1. The molecule has 2 amide bonds. The van der Waals surface area contributed by atoms with E-state index in [2.05, 4.69) is 15.7 Å². The number of carboxylic acids is 1. The van der Waals surface area contributed by atoms with E-state index in [1.807, 2.05) is 0 Å². The number of aryl methyl sites for hydroxylation is 1. The second-order valence-electron chi connectivity index (χ2n) is 7.79. The highest BCUT2D eigenvalue weighted by atomic mass is 32.2. The third kappa shape index (κ3) is 3.13. The SMILES string of the molecule is Cc1onc(-c2ccc(O)c(O)c2)c1C(=O)N/N=C/[C@@]1(C)[C@H](C(=O)O)N2C(=O)C[C@H]2S1(=O)=O. The highest BCUT2D eigenvalue weighted by molar-refractivity contribution is 7.94. The zero-order valence-electron chi connectivity index (χ0n) is 17.2. The van der Waals surface area contributed by atoms with Crippen molar-refractivity contribution in [1.82, 2.24) is 15.5 Å². The summed E-state index contributed by atoms with van der Waals surface area (Å²) >= 11 is 0. The number of aromatic nitrogens is 1. The van der Waals surface area contributed by atoms with Crippen LogP contribution in [0.1, 0.15) is 29.5 Å². The number of carbonyl (C=O) groups is 3. The quantitative estimate of drug-likeness (QED) is 0.196. The van der Waals surface area contributed by atoms with Gasteiger partial charge in [-0.1, -0.05) is 5.16 Å². The summed E-state index contributed by atoms with van der Waals surface area (Å²) in [6, 6.07) is 2.05. The van der Waals surface area contributed by atoms with Crippen molar-refractivity contribution in [3.8, 4) is 22.8 Å². The van der Waals surface area contributed by atoms with Crippen molar-refractivity contribution >= 4 is 33.8 Å². The Morgan fingerprint density at radius 3 is 2.64 bits per heavy atom. The molecule has 174 valence electrons. The lowest BCUT2D eigenvalue weighted by molar-refractivity contribution is -0.156. The highest BCUT2D eigenvalue weighted by Gasteiger charge is 2.69. The predicted molar refractivity (Wildman–Crippen MR) is 110 cm³/mol. The van der Waals surface area contributed by atoms with E-state index in [1.54, 1.807) is 0 Å². The van der Waals surface area contributed by atoms with Gasteiger partial charge in [0.2, 0.25) is 5.91 Å². The van der Waals surface area contributed by atoms with Gasteiger partial charge in [-0.15, -0.1) is 0 Å². The largest absolute Gasteiger partial charge is 0.504 e. The number of sulfone groups is 1. The van der Waals surface area contributed by atoms with E-state index in [-0.39, 0.29) is 34.8 Å². The number of hydrogen-bond acceptors (Lipinski definition) is 10. The summed E-state index contributed by atoms with van der Waals surface area (Å²) < 4.78 is 28.7. The molecule has 2 aliphatic rings. The van der Waals surface area contributed by atoms with Crippen molar-refractivity contribution in [1.29, 1.82) is 0 Å². The van der Waals surface area contributed by atoms with Crippen molar-refractivity contribution < 1.29 is 42.6 Å². The lowest BCUT2D eigenvalue weighted by Gasteiger charge is -2.35. The summed E-state index contributed by atoms with van der Waals surface area (Å²) in [7, 11) is -4.13. The summed E-state index contributed by atoms with van der Waals surface area (Å²) in [4.78, 5) is 37.1. The van der Waals surface area contributed by atoms with Crippen molar-refractivity contribution in [3.05, 3.63) is 29.5 Å². The standard InChI is InChI=1S/C19H18N4O9S/c1-8-14(15(22-32-8)9-3-4-10(24)11(25)5-9)17(27)21-20-7-19(2)16(18(28)29)23-12(26)6-13(23)33(19,30)31/h3-5,7,13,16,24-25H,6H2,1-2H3,(H,21,27)(H,28,29)/b20-7+/t13-,16+,19+/m1/s1. The van der Waals surface area contributed by atoms with E-state index >= 15 is 0 Å². The number of phenols is 2. The number of hydrazone groups is 1. The molecule has 0 spiro atoms. The molecule has 14 heteroatoms. The van der Waals surface area contributed by atoms with Gasteiger partial charge in [-0.25, -0.2) is 18.6 Å². The molecule has 2 saturated heterocycles. The molecule has 2 aromatic rings. The zero-order chi connectivity index (χ0) is 24.3. The van der Waals surface area contributed by atoms with Gasteiger partial charge in [-0.2, -0.15) is 5.10 Å². The maximum Gasteiger partial charge on any atom is 0.328 e. The van der Waals surface area contributed by atoms with Crippen LogP contribution in [0.25, 0.3) is 11.3 Å². The van der Waals surface area contributed by atoms with E-state index in [9.17, 15) is 38.1 Å². The first kappa shape index (κ1) is 22.3. The number of carboxylic acid groups (broad SMARTS) is 1. The Bertz CT molecular complexity index is 1330. The number of benzene rings is 1. The maximum absolute atomic E-state index is 12.9. The molecule has 3 atom stereocenters. The monoisotopic (exact) mass is 478 g/mol. The van der Waals surface area contributed by atoms with Crippen LogP contribution in [0.15, 0.2) is 27.8 Å². The molecule has 13 nitrogen and oxygen atoms in total. The van der Waals surface area contributed by atoms with Crippen LogP contribution in [0.4, 0.5) is 0 Å². The van der Waals surface area contributed by atoms with Gasteiger partial charge < -0.3 is 24.7 Å². The lowest BCUT2D eigenvalue weighted by Crippen LogP contribution is -2.57. The normalized spacial score (nSPS) is 25.6. The third-order valence-electron chi connectivity index (χ3n) is 5.80. The summed E-state index contributed by atoms with van der Waals surface area (Å²) in [5.74, 6) is -3.70. The smallest absolute Gasteiger partial charge is 0.328 e. The lowest BCUT2D eigenvalue weighted by atomic mass is 9.97. The Hall–Kier alpha value is -3.94. The molecule has 0 aliphatic carbocycles. The van der Waals surface area contributed by atoms with Gasteiger partial charge in [0.05, 0.1) is 6.42 Å². The summed E-state index contributed by atoms with van der Waals surface area (Å²) in [6.07, 6.45) is 0.476. The Kier molecular flexibility index (Phi) is 4.92. The van der Waals surface area contributed by atoms with Gasteiger partial charge in [0.1, 0.15) is 27.1 Å². The number of carbonyl (C=O) groups excluding carboxylic acids is 2. The summed E-state index contributed by atoms with van der Waals surface area (Å²) in [6.45, 7) is 2.56. The fourth-order valence-corrected chi connectivity index (χ4v) is 6.20. The van der Waals surface area contributed by atoms with Gasteiger partial charge in [-0.3, -0.25) is 9.59 Å². The molecule has 4 rings (SSSR count). The van der Waals surface area contributed by atoms with Gasteiger partial charge in [0.15, 0.2) is 27.4 Å². The van der Waals surface area contributed by atoms with Crippen LogP contribution in [-0.4, -0.2) is 74.0 Å². The molecule has 1 aromatic heterocycles. The number of phenolic OH excluding ortho intramolecular Hbond substituents is 2. The van der Waals surface area contributed by atoms with E-state index in [0.717, 1.165) is 24.1 Å². The van der Waals surface area contributed by atoms with E-state index in [4.69, 9.17) is 4.52 Å². The summed E-state index contributed by atoms with van der Waals surface area (Å²) in [5.41, 5.74) is 2.32. The average Bonchev–Trinajstić information content (AvgIpc) is 3.17. The van der Waals surface area contributed by atoms with Crippen LogP contribution in [0.2, 0.25) is 0 Å². The molecule has 0 bridgehead atoms. The van der Waals surface area contributed by atoms with Gasteiger partial charge in [0.25, 0.3) is 5.91 Å². The third-order valence-corrected chi connectivity index (χ3v) is 8.46. The Morgan fingerprint density at radius 2 is 2.03 bits per heavy atom. The number of aromatic hydroxyl groups is 2. The maximum atomic E-state index is 12.9. The number of fused-ring (bicyclic) bond motifs is 1. The van der Waals surface area contributed by atoms with Gasteiger partial charge >= 0.3 is 5.97 Å². The molecule has 2 fully saturated rings. The molecule has 4 N–H and O–H groups in total. The summed E-state index contributed by atoms with van der Waals surface area (Å²) in [5, 5.41) is 34.9. The number of β-lactam (4-membered cyclic amide) rings is 1. The number of nitrogens with zero attached hydrogens (tertiary/aromatic N) is 3. The molecule has 3 heterocycles. The zero-order valence-corrected chi connectivity index (χ0v) is 18.0. The predicted octanol–water partition coefficient (Wildman–Crippen LogP) is -0.0245. The van der Waals surface area contributed by atoms with Crippen LogP contribution in [0.5, 0.6) is 11.5 Å². The minimum atomic E-state index is -4.13. The molecule has 0 radical (unpaired) electrons. The molecule has 0 saturated carbocycles. The first-order valence-electron chi connectivity index (χ1n) is 9.50. The molecule has 33 heavy (non-hydrogen) atoms. The van der Waals surface area contributed by atoms with Crippen molar-refractivity contribution in [3.63, 3.8) is 0 Å². The Labute approximate surface area is 186 Å². The number of rotatable bonds is 5. The Morgan fingerprint density at radius 1 is 1.33 bits per heavy atom. The fraction of sp³-hybridized carbons (Fsp3) is 0.316. The second kappa shape index (κ2) is 7.30. The van der Waals surface area contributed by atoms with E-state index in [1.165, 1.54) is 19.1 Å². The van der Waals surface area contributed by atoms with E-state index in [0.29, 0.717) is 0 Å². The van der Waals surface area contributed by atoms with Crippen LogP contribution in [0.3, 0.4) is 0 Å². The minimum absolute atomic E-state index is 0.0216. The van der Waals surface area contributed by atoms with E-state index < -0.39 is 49.5 Å². The van der Waals surface area contributed by atoms with Crippen LogP contribution in [-0.2, 0) is 19.4 Å². The van der Waals surface area contributed by atoms with Crippen LogP contribution >= 0.6 is 0 Å². The van der Waals surface area contributed by atoms with Gasteiger partial charge in [-0.05, 0) is 32.0 Å². The van der Waals surface area contributed by atoms with Crippen LogP contribution in [0, 0.1) is 6.92 Å². The molecule has 0 unspecified atom stereocenters. The molecular formula is C19H18N4O9S. The second-order valence-corrected chi connectivity index (χ2v) is 10.3. The molecule has 2 aliphatic heterocycles. The number of hydrogen-bond donors (Lipinski definition) is 4. The van der Waals surface area contributed by atoms with Crippen molar-refractivity contribution in [2.75, 3.05) is 0 Å². The number of aliphatic carboxylic acids is 1. The Balaban J connectivity index is 1.63. The average molecular weight is 478 g/mol. The minimum Gasteiger partial charge on any atom is -0.504 e. The topological polar surface area (TPSA) is 200 Å². The van der Waals surface area contributed by atoms with Crippen LogP contribution < -0.4 is 5.43 Å². The first-order chi connectivity index (χ1) is 15.4. The van der Waals surface area contributed by atoms with Crippen molar-refractivity contribution in [2.24, 2.45) is 5.10 Å². The number of amides is 2. The van der Waals surface area contributed by atoms with Gasteiger partial charge in [0, 0.05) is 11.8 Å². The van der Waals surface area contributed by atoms with Crippen molar-refractivity contribution in [2.45, 2.75) is 36.4 Å². The molecular weight excluding hydrogens is 460 g/mol.